The van der Waals surface area contributed by atoms with Crippen LogP contribution in [0.15, 0.2) is 22.7 Å². The molecule has 12 heavy (non-hydrogen) atoms. The molecule has 0 atom stereocenters. The van der Waals surface area contributed by atoms with E-state index < -0.39 is 11.6 Å². The van der Waals surface area contributed by atoms with Crippen LogP contribution in [-0.2, 0) is 0 Å². The maximum atomic E-state index is 13.1. The van der Waals surface area contributed by atoms with Crippen molar-refractivity contribution in [3.63, 3.8) is 0 Å². The number of rotatable bonds is 1. The highest BCUT2D eigenvalue weighted by molar-refractivity contribution is 9.10. The summed E-state index contributed by atoms with van der Waals surface area (Å²) >= 11 is 2.95. The van der Waals surface area contributed by atoms with Gasteiger partial charge in [0.25, 0.3) is 0 Å². The molecule has 60 valence electrons. The van der Waals surface area contributed by atoms with E-state index in [0.29, 0.717) is 0 Å². The lowest BCUT2D eigenvalue weighted by Crippen LogP contribution is -1.98. The van der Waals surface area contributed by atoms with Gasteiger partial charge in [-0.15, -0.1) is 6.42 Å². The van der Waals surface area contributed by atoms with Gasteiger partial charge in [0, 0.05) is 0 Å². The third-order valence-corrected chi connectivity index (χ3v) is 1.94. The predicted molar refractivity (Wildman–Crippen MR) is 47.3 cm³/mol. The van der Waals surface area contributed by atoms with Crippen LogP contribution in [0.5, 0.6) is 0 Å². The molecule has 0 saturated carbocycles. The predicted octanol–water partition coefficient (Wildman–Crippen LogP) is 2.40. The largest absolute Gasteiger partial charge is 0.279 e. The van der Waals surface area contributed by atoms with E-state index in [9.17, 15) is 9.18 Å². The summed E-state index contributed by atoms with van der Waals surface area (Å²) in [7, 11) is 0. The molecule has 3 heteroatoms. The topological polar surface area (TPSA) is 17.1 Å². The minimum absolute atomic E-state index is 0.0770. The van der Waals surface area contributed by atoms with Gasteiger partial charge in [0.05, 0.1) is 10.0 Å². The highest BCUT2D eigenvalue weighted by Crippen LogP contribution is 2.18. The lowest BCUT2D eigenvalue weighted by Gasteiger charge is -1.97. The summed E-state index contributed by atoms with van der Waals surface area (Å²) in [5.41, 5.74) is -0.0770. The zero-order valence-corrected chi connectivity index (χ0v) is 7.56. The molecule has 0 heterocycles. The molecular formula is C9H4BrFO. The Labute approximate surface area is 77.7 Å². The van der Waals surface area contributed by atoms with E-state index in [4.69, 9.17) is 6.42 Å². The molecule has 0 saturated heterocycles. The zero-order chi connectivity index (χ0) is 9.14. The minimum atomic E-state index is -0.645. The summed E-state index contributed by atoms with van der Waals surface area (Å²) in [4.78, 5) is 10.9. The molecule has 0 fully saturated rings. The summed E-state index contributed by atoms with van der Waals surface area (Å²) < 4.78 is 13.3. The Morgan fingerprint density at radius 1 is 1.58 bits per heavy atom. The molecule has 0 unspecified atom stereocenters. The van der Waals surface area contributed by atoms with Gasteiger partial charge in [0.15, 0.2) is 0 Å². The molecule has 0 aliphatic rings. The standard InChI is InChI=1S/C9H4BrFO/c1-2-8(12)6-4-3-5-7(10)9(6)11/h1,3-5H. The summed E-state index contributed by atoms with van der Waals surface area (Å²) in [6.45, 7) is 0. The smallest absolute Gasteiger partial charge is 0.238 e. The van der Waals surface area contributed by atoms with Crippen LogP contribution in [0.25, 0.3) is 0 Å². The van der Waals surface area contributed by atoms with Crippen LogP contribution < -0.4 is 0 Å². The number of hydrogen-bond donors (Lipinski definition) is 0. The molecule has 0 spiro atoms. The van der Waals surface area contributed by atoms with Crippen molar-refractivity contribution < 1.29 is 9.18 Å². The fraction of sp³-hybridized carbons (Fsp3) is 0. The van der Waals surface area contributed by atoms with Crippen LogP contribution in [-0.4, -0.2) is 5.78 Å². The molecule has 0 N–H and O–H groups in total. The number of terminal acetylenes is 1. The van der Waals surface area contributed by atoms with Gasteiger partial charge in [-0.05, 0) is 34.0 Å². The van der Waals surface area contributed by atoms with Gasteiger partial charge in [-0.3, -0.25) is 4.79 Å². The van der Waals surface area contributed by atoms with Gasteiger partial charge in [0.1, 0.15) is 5.82 Å². The monoisotopic (exact) mass is 226 g/mol. The maximum Gasteiger partial charge on any atom is 0.238 e. The summed E-state index contributed by atoms with van der Waals surface area (Å²) in [5.74, 6) is 0.594. The summed E-state index contributed by atoms with van der Waals surface area (Å²) in [6.07, 6.45) is 4.84. The van der Waals surface area contributed by atoms with Crippen molar-refractivity contribution in [1.82, 2.24) is 0 Å². The van der Waals surface area contributed by atoms with Gasteiger partial charge in [-0.1, -0.05) is 6.07 Å². The number of benzene rings is 1. The second-order valence-electron chi connectivity index (χ2n) is 2.07. The number of Topliss-reactive ketones (excluding diaryl/α,β-unsaturated/α-hetero) is 1. The fourth-order valence-corrected chi connectivity index (χ4v) is 1.12. The average Bonchev–Trinajstić information content (AvgIpc) is 2.08. The van der Waals surface area contributed by atoms with Gasteiger partial charge < -0.3 is 0 Å². The Morgan fingerprint density at radius 2 is 2.25 bits per heavy atom. The third kappa shape index (κ3) is 1.54. The maximum absolute atomic E-state index is 13.1. The van der Waals surface area contributed by atoms with Gasteiger partial charge in [-0.25, -0.2) is 4.39 Å². The molecule has 0 bridgehead atoms. The van der Waals surface area contributed by atoms with Crippen molar-refractivity contribution in [3.05, 3.63) is 34.1 Å². The van der Waals surface area contributed by atoms with Crippen molar-refractivity contribution >= 4 is 21.7 Å². The normalized spacial score (nSPS) is 9.08. The van der Waals surface area contributed by atoms with Crippen molar-refractivity contribution in [1.29, 1.82) is 0 Å². The molecule has 0 aromatic heterocycles. The van der Waals surface area contributed by atoms with Gasteiger partial charge in [-0.2, -0.15) is 0 Å². The van der Waals surface area contributed by atoms with E-state index in [-0.39, 0.29) is 10.0 Å². The van der Waals surface area contributed by atoms with E-state index in [0.717, 1.165) is 0 Å². The van der Waals surface area contributed by atoms with Crippen molar-refractivity contribution in [2.45, 2.75) is 0 Å². The Bertz CT molecular complexity index is 365. The molecule has 0 aliphatic heterocycles. The molecule has 0 radical (unpaired) electrons. The van der Waals surface area contributed by atoms with Crippen molar-refractivity contribution in [2.24, 2.45) is 0 Å². The van der Waals surface area contributed by atoms with Crippen LogP contribution in [0.4, 0.5) is 4.39 Å². The minimum Gasteiger partial charge on any atom is -0.279 e. The fourth-order valence-electron chi connectivity index (χ4n) is 0.757. The Hall–Kier alpha value is -1.14. The molecule has 0 aliphatic carbocycles. The average molecular weight is 227 g/mol. The highest BCUT2D eigenvalue weighted by atomic mass is 79.9. The van der Waals surface area contributed by atoms with E-state index in [1.165, 1.54) is 12.1 Å². The Kier molecular flexibility index (Phi) is 2.61. The SMILES string of the molecule is C#CC(=O)c1cccc(Br)c1F. The number of carbonyl (C=O) groups is 1. The third-order valence-electron chi connectivity index (χ3n) is 1.33. The second kappa shape index (κ2) is 3.51. The number of ketones is 1. The summed E-state index contributed by atoms with van der Waals surface area (Å²) in [6, 6.07) is 4.41. The second-order valence-corrected chi connectivity index (χ2v) is 2.93. The quantitative estimate of drug-likeness (QED) is 0.409. The number of halogens is 2. The van der Waals surface area contributed by atoms with Crippen LogP contribution in [0.2, 0.25) is 0 Å². The van der Waals surface area contributed by atoms with Gasteiger partial charge >= 0.3 is 0 Å². The number of carbonyl (C=O) groups excluding carboxylic acids is 1. The lowest BCUT2D eigenvalue weighted by atomic mass is 10.1. The van der Waals surface area contributed by atoms with E-state index in [1.54, 1.807) is 6.07 Å². The van der Waals surface area contributed by atoms with Crippen LogP contribution in [0, 0.1) is 18.2 Å². The van der Waals surface area contributed by atoms with E-state index in [2.05, 4.69) is 15.9 Å². The highest BCUT2D eigenvalue weighted by Gasteiger charge is 2.10. The molecular weight excluding hydrogens is 223 g/mol. The first-order valence-corrected chi connectivity index (χ1v) is 3.91. The van der Waals surface area contributed by atoms with E-state index >= 15 is 0 Å². The first-order chi connectivity index (χ1) is 5.66. The first kappa shape index (κ1) is 8.95. The molecule has 1 rings (SSSR count). The molecule has 1 aromatic carbocycles. The number of hydrogen-bond acceptors (Lipinski definition) is 1. The first-order valence-electron chi connectivity index (χ1n) is 3.11. The van der Waals surface area contributed by atoms with Crippen molar-refractivity contribution in [3.8, 4) is 12.3 Å². The van der Waals surface area contributed by atoms with Crippen LogP contribution in [0.1, 0.15) is 10.4 Å². The van der Waals surface area contributed by atoms with Gasteiger partial charge in [0.2, 0.25) is 5.78 Å². The Balaban J connectivity index is 3.28. The lowest BCUT2D eigenvalue weighted by molar-refractivity contribution is 0.105. The molecule has 1 aromatic rings. The van der Waals surface area contributed by atoms with Crippen LogP contribution >= 0.6 is 15.9 Å². The molecule has 1 nitrogen and oxygen atoms in total. The van der Waals surface area contributed by atoms with Crippen molar-refractivity contribution in [2.75, 3.05) is 0 Å². The summed E-state index contributed by atoms with van der Waals surface area (Å²) in [5, 5.41) is 0. The Morgan fingerprint density at radius 3 is 2.83 bits per heavy atom. The van der Waals surface area contributed by atoms with E-state index in [1.807, 2.05) is 5.92 Å². The zero-order valence-electron chi connectivity index (χ0n) is 5.97. The van der Waals surface area contributed by atoms with Crippen LogP contribution in [0.3, 0.4) is 0 Å². The molecule has 0 amide bonds.